The van der Waals surface area contributed by atoms with Gasteiger partial charge in [0.1, 0.15) is 11.3 Å². The van der Waals surface area contributed by atoms with Gasteiger partial charge in [-0.2, -0.15) is 0 Å². The van der Waals surface area contributed by atoms with Crippen molar-refractivity contribution < 1.29 is 14.3 Å². The van der Waals surface area contributed by atoms with E-state index in [1.54, 1.807) is 24.3 Å². The molecule has 0 spiro atoms. The Morgan fingerprint density at radius 3 is 2.81 bits per heavy atom. The highest BCUT2D eigenvalue weighted by Gasteiger charge is 2.06. The Hall–Kier alpha value is -2.36. The standard InChI is InChI=1S/C12H9NO3/c13-10-5-12(8(6-14)7-15)16-11-4-2-1-3-9(10)11/h1-7,13-14H/b8-6-,13-10?. The number of aliphatic hydroxyl groups excluding tert-OH is 1. The maximum atomic E-state index is 10.6. The molecular weight excluding hydrogens is 206 g/mol. The van der Waals surface area contributed by atoms with Crippen molar-refractivity contribution in [2.75, 3.05) is 0 Å². The zero-order chi connectivity index (χ0) is 11.5. The van der Waals surface area contributed by atoms with E-state index >= 15 is 0 Å². The van der Waals surface area contributed by atoms with Crippen LogP contribution >= 0.6 is 0 Å². The van der Waals surface area contributed by atoms with Crippen molar-refractivity contribution in [3.63, 3.8) is 0 Å². The van der Waals surface area contributed by atoms with Crippen LogP contribution in [0.2, 0.25) is 0 Å². The number of carbonyl (C=O) groups is 1. The second-order valence-corrected chi connectivity index (χ2v) is 3.22. The average molecular weight is 215 g/mol. The van der Waals surface area contributed by atoms with Crippen molar-refractivity contribution >= 4 is 22.8 Å². The third kappa shape index (κ3) is 1.61. The summed E-state index contributed by atoms with van der Waals surface area (Å²) < 4.78 is 5.41. The van der Waals surface area contributed by atoms with E-state index in [1.165, 1.54) is 6.07 Å². The lowest BCUT2D eigenvalue weighted by Gasteiger charge is -2.01. The number of aldehydes is 1. The molecule has 1 aromatic carbocycles. The van der Waals surface area contributed by atoms with Gasteiger partial charge in [0.2, 0.25) is 0 Å². The normalized spacial score (nSPS) is 11.6. The van der Waals surface area contributed by atoms with Crippen LogP contribution in [-0.4, -0.2) is 11.4 Å². The summed E-state index contributed by atoms with van der Waals surface area (Å²) in [6, 6.07) is 8.44. The monoisotopic (exact) mass is 215 g/mol. The Bertz CT molecular complexity index is 625. The predicted octanol–water partition coefficient (Wildman–Crippen LogP) is 2.01. The lowest BCUT2D eigenvalue weighted by Crippen LogP contribution is -2.02. The molecule has 0 atom stereocenters. The van der Waals surface area contributed by atoms with Crippen LogP contribution in [0.5, 0.6) is 0 Å². The molecule has 4 nitrogen and oxygen atoms in total. The molecule has 16 heavy (non-hydrogen) atoms. The van der Waals surface area contributed by atoms with E-state index in [0.717, 1.165) is 0 Å². The Labute approximate surface area is 91.0 Å². The first-order valence-corrected chi connectivity index (χ1v) is 4.63. The summed E-state index contributed by atoms with van der Waals surface area (Å²) in [5, 5.41) is 17.5. The van der Waals surface area contributed by atoms with Gasteiger partial charge in [-0.3, -0.25) is 10.2 Å². The highest BCUT2D eigenvalue weighted by atomic mass is 16.3. The highest BCUT2D eigenvalue weighted by molar-refractivity contribution is 6.05. The summed E-state index contributed by atoms with van der Waals surface area (Å²) in [6.07, 6.45) is 1.15. The van der Waals surface area contributed by atoms with Crippen molar-refractivity contribution in [3.05, 3.63) is 47.7 Å². The van der Waals surface area contributed by atoms with Crippen LogP contribution < -0.4 is 5.36 Å². The zero-order valence-corrected chi connectivity index (χ0v) is 8.31. The molecule has 2 rings (SSSR count). The first kappa shape index (κ1) is 10.2. The first-order chi connectivity index (χ1) is 7.76. The number of para-hydroxylation sites is 1. The molecule has 0 saturated heterocycles. The smallest absolute Gasteiger partial charge is 0.156 e. The molecule has 0 bridgehead atoms. The molecule has 0 unspecified atom stereocenters. The summed E-state index contributed by atoms with van der Waals surface area (Å²) in [7, 11) is 0. The summed E-state index contributed by atoms with van der Waals surface area (Å²) in [4.78, 5) is 10.6. The van der Waals surface area contributed by atoms with Crippen molar-refractivity contribution in [1.29, 1.82) is 5.41 Å². The molecule has 0 amide bonds. The van der Waals surface area contributed by atoms with Gasteiger partial charge >= 0.3 is 0 Å². The van der Waals surface area contributed by atoms with Crippen LogP contribution in [-0.2, 0) is 4.79 Å². The minimum Gasteiger partial charge on any atom is -0.515 e. The van der Waals surface area contributed by atoms with Crippen molar-refractivity contribution in [3.8, 4) is 0 Å². The van der Waals surface area contributed by atoms with Gasteiger partial charge < -0.3 is 9.52 Å². The number of nitrogens with one attached hydrogen (secondary N) is 1. The number of allylic oxidation sites excluding steroid dienone is 1. The molecule has 4 heteroatoms. The molecule has 0 aliphatic carbocycles. The van der Waals surface area contributed by atoms with Gasteiger partial charge in [0.15, 0.2) is 6.29 Å². The summed E-state index contributed by atoms with van der Waals surface area (Å²) >= 11 is 0. The third-order valence-corrected chi connectivity index (χ3v) is 2.22. The molecule has 1 heterocycles. The fourth-order valence-electron chi connectivity index (χ4n) is 1.43. The Kier molecular flexibility index (Phi) is 2.55. The quantitative estimate of drug-likeness (QED) is 0.457. The van der Waals surface area contributed by atoms with E-state index in [4.69, 9.17) is 14.9 Å². The lowest BCUT2D eigenvalue weighted by molar-refractivity contribution is -0.103. The fraction of sp³-hybridized carbons (Fsp3) is 0. The average Bonchev–Trinajstić information content (AvgIpc) is 2.31. The molecule has 80 valence electrons. The molecule has 2 aromatic rings. The van der Waals surface area contributed by atoms with Crippen molar-refractivity contribution in [1.82, 2.24) is 0 Å². The van der Waals surface area contributed by atoms with Crippen molar-refractivity contribution in [2.24, 2.45) is 0 Å². The Morgan fingerprint density at radius 1 is 1.38 bits per heavy atom. The van der Waals surface area contributed by atoms with E-state index < -0.39 is 0 Å². The van der Waals surface area contributed by atoms with Gasteiger partial charge in [-0.1, -0.05) is 12.1 Å². The number of carbonyl (C=O) groups excluding carboxylic acids is 1. The minimum atomic E-state index is 0.0132. The predicted molar refractivity (Wildman–Crippen MR) is 58.7 cm³/mol. The SMILES string of the molecule is N=c1cc(/C(C=O)=C\O)oc2ccccc12. The molecule has 0 aliphatic rings. The summed E-state index contributed by atoms with van der Waals surface area (Å²) in [5.41, 5.74) is 0.519. The number of rotatable bonds is 2. The van der Waals surface area contributed by atoms with Gasteiger partial charge in [0.25, 0.3) is 0 Å². The molecule has 0 fully saturated rings. The fourth-order valence-corrected chi connectivity index (χ4v) is 1.43. The topological polar surface area (TPSA) is 74.3 Å². The van der Waals surface area contributed by atoms with Crippen molar-refractivity contribution in [2.45, 2.75) is 0 Å². The van der Waals surface area contributed by atoms with Gasteiger partial charge in [0, 0.05) is 11.5 Å². The molecular formula is C12H9NO3. The number of hydrogen-bond donors (Lipinski definition) is 2. The van der Waals surface area contributed by atoms with Crippen LogP contribution in [0.25, 0.3) is 16.5 Å². The maximum absolute atomic E-state index is 10.6. The van der Waals surface area contributed by atoms with Crippen LogP contribution in [0.4, 0.5) is 0 Å². The number of fused-ring (bicyclic) bond motifs is 1. The zero-order valence-electron chi connectivity index (χ0n) is 8.31. The van der Waals surface area contributed by atoms with Crippen LogP contribution in [0, 0.1) is 5.41 Å². The van der Waals surface area contributed by atoms with E-state index in [-0.39, 0.29) is 16.7 Å². The van der Waals surface area contributed by atoms with E-state index in [2.05, 4.69) is 0 Å². The lowest BCUT2D eigenvalue weighted by atomic mass is 10.1. The van der Waals surface area contributed by atoms with E-state index in [9.17, 15) is 4.79 Å². The van der Waals surface area contributed by atoms with E-state index in [0.29, 0.717) is 23.5 Å². The maximum Gasteiger partial charge on any atom is 0.156 e. The molecule has 0 saturated carbocycles. The summed E-state index contributed by atoms with van der Waals surface area (Å²) in [5.74, 6) is 0.182. The van der Waals surface area contributed by atoms with Gasteiger partial charge in [-0.25, -0.2) is 0 Å². The van der Waals surface area contributed by atoms with Gasteiger partial charge in [-0.15, -0.1) is 0 Å². The second kappa shape index (κ2) is 4.02. The molecule has 2 N–H and O–H groups in total. The third-order valence-electron chi connectivity index (χ3n) is 2.22. The highest BCUT2D eigenvalue weighted by Crippen LogP contribution is 2.16. The van der Waals surface area contributed by atoms with Gasteiger partial charge in [-0.05, 0) is 12.1 Å². The van der Waals surface area contributed by atoms with Crippen LogP contribution in [0.3, 0.4) is 0 Å². The molecule has 0 aliphatic heterocycles. The van der Waals surface area contributed by atoms with E-state index in [1.807, 2.05) is 0 Å². The number of hydrogen-bond acceptors (Lipinski definition) is 4. The number of aliphatic hydroxyl groups is 1. The van der Waals surface area contributed by atoms with Crippen LogP contribution in [0.1, 0.15) is 5.76 Å². The van der Waals surface area contributed by atoms with Crippen LogP contribution in [0.15, 0.2) is 41.0 Å². The molecule has 0 radical (unpaired) electrons. The van der Waals surface area contributed by atoms with Gasteiger partial charge in [0.05, 0.1) is 17.2 Å². The molecule has 1 aromatic heterocycles. The minimum absolute atomic E-state index is 0.0132. The first-order valence-electron chi connectivity index (χ1n) is 4.63. The second-order valence-electron chi connectivity index (χ2n) is 3.22. The number of benzene rings is 1. The Balaban J connectivity index is 2.76. The Morgan fingerprint density at radius 2 is 2.12 bits per heavy atom. The largest absolute Gasteiger partial charge is 0.515 e. The summed E-state index contributed by atoms with van der Waals surface area (Å²) in [6.45, 7) is 0.